The fourth-order valence-electron chi connectivity index (χ4n) is 7.10. The van der Waals surface area contributed by atoms with Crippen LogP contribution in [0, 0.1) is 22.6 Å². The minimum atomic E-state index is -0.534. The molecular formula is C38H46FN9O2. The molecule has 2 aromatic heterocycles. The molecule has 0 bridgehead atoms. The van der Waals surface area contributed by atoms with E-state index in [2.05, 4.69) is 60.5 Å². The maximum Gasteiger partial charge on any atom is 0.264 e. The maximum absolute atomic E-state index is 15.6. The Bertz CT molecular complexity index is 1920. The number of rotatable bonds is 9. The molecule has 4 heterocycles. The van der Waals surface area contributed by atoms with Crippen LogP contribution >= 0.6 is 0 Å². The number of anilines is 1. The molecule has 1 atom stereocenters. The van der Waals surface area contributed by atoms with E-state index in [9.17, 15) is 10.1 Å². The molecule has 0 spiro atoms. The Balaban J connectivity index is 1.20. The summed E-state index contributed by atoms with van der Waals surface area (Å²) in [5.74, 6) is 0.296. The average molecular weight is 680 g/mol. The summed E-state index contributed by atoms with van der Waals surface area (Å²) >= 11 is 0. The maximum atomic E-state index is 15.6. The number of aromatic nitrogens is 4. The average Bonchev–Trinajstić information content (AvgIpc) is 3.69. The molecule has 0 radical (unpaired) electrons. The van der Waals surface area contributed by atoms with E-state index in [1.54, 1.807) is 33.8 Å². The molecule has 1 amide bonds. The molecule has 4 aromatic rings. The first-order valence-electron chi connectivity index (χ1n) is 17.2. The first kappa shape index (κ1) is 35.0. The number of likely N-dealkylation sites (tertiary alicyclic amines) is 1. The number of hydrogen-bond acceptors (Lipinski definition) is 9. The van der Waals surface area contributed by atoms with Crippen molar-refractivity contribution in [3.8, 4) is 28.8 Å². The van der Waals surface area contributed by atoms with Crippen molar-refractivity contribution in [3.05, 3.63) is 72.3 Å². The fraction of sp³-hybridized carbons (Fsp3) is 0.447. The van der Waals surface area contributed by atoms with E-state index in [0.29, 0.717) is 41.3 Å². The van der Waals surface area contributed by atoms with Gasteiger partial charge in [-0.15, -0.1) is 0 Å². The Kier molecular flexibility index (Phi) is 9.91. The number of piperazine rings is 1. The number of ether oxygens (including phenoxy) is 1. The molecule has 6 rings (SSSR count). The lowest BCUT2D eigenvalue weighted by atomic mass is 9.89. The van der Waals surface area contributed by atoms with Gasteiger partial charge in [0.1, 0.15) is 46.8 Å². The van der Waals surface area contributed by atoms with Gasteiger partial charge in [0.2, 0.25) is 0 Å². The smallest absolute Gasteiger partial charge is 0.264 e. The van der Waals surface area contributed by atoms with Gasteiger partial charge in [-0.1, -0.05) is 38.1 Å². The summed E-state index contributed by atoms with van der Waals surface area (Å²) in [6.07, 6.45) is 4.70. The summed E-state index contributed by atoms with van der Waals surface area (Å²) in [5.41, 5.74) is 7.20. The molecule has 2 aliphatic heterocycles. The second-order valence-electron chi connectivity index (χ2n) is 14.9. The van der Waals surface area contributed by atoms with E-state index in [-0.39, 0.29) is 39.9 Å². The summed E-state index contributed by atoms with van der Waals surface area (Å²) in [6, 6.07) is 15.7. The Morgan fingerprint density at radius 2 is 1.78 bits per heavy atom. The third-order valence-corrected chi connectivity index (χ3v) is 9.59. The summed E-state index contributed by atoms with van der Waals surface area (Å²) in [5, 5.41) is 15.4. The van der Waals surface area contributed by atoms with Crippen LogP contribution in [-0.2, 0) is 11.3 Å². The van der Waals surface area contributed by atoms with Crippen molar-refractivity contribution < 1.29 is 13.9 Å². The number of carbonyl (C=O) groups is 1. The van der Waals surface area contributed by atoms with Crippen LogP contribution in [0.25, 0.3) is 22.3 Å². The van der Waals surface area contributed by atoms with Crippen LogP contribution in [0.3, 0.4) is 0 Å². The molecule has 2 saturated heterocycles. The summed E-state index contributed by atoms with van der Waals surface area (Å²) < 4.78 is 23.1. The predicted molar refractivity (Wildman–Crippen MR) is 192 cm³/mol. The summed E-state index contributed by atoms with van der Waals surface area (Å²) in [7, 11) is 0. The molecule has 0 saturated carbocycles. The number of nitrogens with two attached hydrogens (primary N) is 1. The van der Waals surface area contributed by atoms with Crippen LogP contribution in [0.4, 0.5) is 10.2 Å². The molecule has 0 unspecified atom stereocenters. The number of benzene rings is 2. The van der Waals surface area contributed by atoms with E-state index in [1.807, 2.05) is 24.3 Å². The van der Waals surface area contributed by atoms with Crippen molar-refractivity contribution in [1.29, 1.82) is 5.26 Å². The molecule has 0 aliphatic carbocycles. The van der Waals surface area contributed by atoms with Gasteiger partial charge in [-0.3, -0.25) is 14.6 Å². The third kappa shape index (κ3) is 7.64. The molecule has 2 fully saturated rings. The minimum Gasteiger partial charge on any atom is -0.457 e. The number of nitrogens with zero attached hydrogens (tertiary/aromatic N) is 8. The molecular weight excluding hydrogens is 633 g/mol. The zero-order chi connectivity index (χ0) is 35.6. The number of nitriles is 1. The van der Waals surface area contributed by atoms with Gasteiger partial charge < -0.3 is 15.4 Å². The zero-order valence-electron chi connectivity index (χ0n) is 29.6. The lowest BCUT2D eigenvalue weighted by Crippen LogP contribution is -2.54. The number of fused-ring (bicyclic) bond motifs is 1. The second kappa shape index (κ2) is 14.2. The Labute approximate surface area is 293 Å². The number of halogens is 1. The second-order valence-corrected chi connectivity index (χ2v) is 14.9. The Hall–Kier alpha value is -4.86. The molecule has 12 heteroatoms. The van der Waals surface area contributed by atoms with E-state index in [4.69, 9.17) is 15.6 Å². The highest BCUT2D eigenvalue weighted by Crippen LogP contribution is 2.35. The number of hydrogen-bond donors (Lipinski definition) is 1. The highest BCUT2D eigenvalue weighted by molar-refractivity contribution is 5.99. The standard InChI is InChI=1S/C38H46FN9O2/c1-37(2,3)46-18-16-45(17-19-46)24-38(4,5)21-26(22-40)36(49)47-15-9-10-27(47)23-48-35-32(34(41)42-25-43-35)33(44-48)30-14-13-29(20-31(30)39)50-28-11-7-6-8-12-28/h6-8,11-14,20-21,25,27H,9-10,15-19,23-24H2,1-5H3,(H2,41,42,43)/b26-21+/t27-/m1/s1. The highest BCUT2D eigenvalue weighted by atomic mass is 19.1. The molecule has 11 nitrogen and oxygen atoms in total. The number of amides is 1. The van der Waals surface area contributed by atoms with Crippen LogP contribution in [0.1, 0.15) is 47.5 Å². The van der Waals surface area contributed by atoms with Crippen LogP contribution in [-0.4, -0.2) is 91.2 Å². The lowest BCUT2D eigenvalue weighted by Gasteiger charge is -2.43. The van der Waals surface area contributed by atoms with E-state index >= 15 is 4.39 Å². The summed E-state index contributed by atoms with van der Waals surface area (Å²) in [4.78, 5) is 29.2. The van der Waals surface area contributed by atoms with Crippen LogP contribution < -0.4 is 10.5 Å². The van der Waals surface area contributed by atoms with Crippen LogP contribution in [0.2, 0.25) is 0 Å². The fourth-order valence-corrected chi connectivity index (χ4v) is 7.10. The largest absolute Gasteiger partial charge is 0.457 e. The topological polar surface area (TPSA) is 129 Å². The van der Waals surface area contributed by atoms with E-state index in [0.717, 1.165) is 45.6 Å². The normalized spacial score (nSPS) is 18.1. The zero-order valence-corrected chi connectivity index (χ0v) is 29.6. The van der Waals surface area contributed by atoms with Gasteiger partial charge >= 0.3 is 0 Å². The van der Waals surface area contributed by atoms with Gasteiger partial charge in [0, 0.05) is 56.4 Å². The van der Waals surface area contributed by atoms with E-state index in [1.165, 1.54) is 12.4 Å². The molecule has 2 aromatic carbocycles. The summed E-state index contributed by atoms with van der Waals surface area (Å²) in [6.45, 7) is 16.3. The Morgan fingerprint density at radius 3 is 2.46 bits per heavy atom. The molecule has 262 valence electrons. The van der Waals surface area contributed by atoms with Gasteiger partial charge in [0.05, 0.1) is 18.0 Å². The van der Waals surface area contributed by atoms with Crippen LogP contribution in [0.5, 0.6) is 11.5 Å². The van der Waals surface area contributed by atoms with E-state index < -0.39 is 5.82 Å². The van der Waals surface area contributed by atoms with Gasteiger partial charge in [-0.2, -0.15) is 10.4 Å². The number of para-hydroxylation sites is 1. The number of nitrogen functional groups attached to an aromatic ring is 1. The lowest BCUT2D eigenvalue weighted by molar-refractivity contribution is -0.127. The quantitative estimate of drug-likeness (QED) is 0.170. The first-order chi connectivity index (χ1) is 23.8. The molecule has 50 heavy (non-hydrogen) atoms. The predicted octanol–water partition coefficient (Wildman–Crippen LogP) is 5.89. The SMILES string of the molecule is CC(C)(/C=C(\C#N)C(=O)N1CCC[C@@H]1Cn1nc(-c2ccc(Oc3ccccc3)cc2F)c2c(N)ncnc21)CN1CCN(C(C)(C)C)CC1. The molecule has 2 N–H and O–H groups in total. The van der Waals surface area contributed by atoms with Crippen molar-refractivity contribution in [2.75, 3.05) is 45.0 Å². The van der Waals surface area contributed by atoms with Crippen molar-refractivity contribution >= 4 is 22.8 Å². The monoisotopic (exact) mass is 679 g/mol. The molecule has 2 aliphatic rings. The van der Waals surface area contributed by atoms with Crippen molar-refractivity contribution in [1.82, 2.24) is 34.4 Å². The highest BCUT2D eigenvalue weighted by Gasteiger charge is 2.34. The van der Waals surface area contributed by atoms with Crippen molar-refractivity contribution in [2.24, 2.45) is 5.41 Å². The Morgan fingerprint density at radius 1 is 1.04 bits per heavy atom. The number of carbonyl (C=O) groups excluding carboxylic acids is 1. The van der Waals surface area contributed by atoms with Gasteiger partial charge in [-0.25, -0.2) is 19.0 Å². The minimum absolute atomic E-state index is 0.137. The van der Waals surface area contributed by atoms with Gasteiger partial charge in [0.25, 0.3) is 5.91 Å². The third-order valence-electron chi connectivity index (χ3n) is 9.59. The first-order valence-corrected chi connectivity index (χ1v) is 17.2. The van der Waals surface area contributed by atoms with Crippen LogP contribution in [0.15, 0.2) is 66.5 Å². The van der Waals surface area contributed by atoms with Gasteiger partial charge in [0.15, 0.2) is 5.65 Å². The van der Waals surface area contributed by atoms with Gasteiger partial charge in [-0.05, 0) is 63.3 Å². The van der Waals surface area contributed by atoms with Crippen molar-refractivity contribution in [2.45, 2.75) is 65.6 Å². The van der Waals surface area contributed by atoms with Crippen molar-refractivity contribution in [3.63, 3.8) is 0 Å².